The van der Waals surface area contributed by atoms with Crippen LogP contribution in [0.4, 0.5) is 5.69 Å². The molecule has 88 valence electrons. The first-order valence-electron chi connectivity index (χ1n) is 5.11. The zero-order valence-corrected chi connectivity index (χ0v) is 9.30. The minimum atomic E-state index is -0.246. The highest BCUT2D eigenvalue weighted by Crippen LogP contribution is 2.05. The van der Waals surface area contributed by atoms with Crippen LogP contribution in [0.3, 0.4) is 0 Å². The molecule has 2 aromatic rings. The molecule has 0 spiro atoms. The SMILES string of the molecule is CNc1ccc(C(=O)NCc2ccno2)nc1. The Balaban J connectivity index is 1.95. The molecule has 0 aromatic carbocycles. The molecule has 2 rings (SSSR count). The van der Waals surface area contributed by atoms with Crippen LogP contribution in [0.2, 0.25) is 0 Å². The summed E-state index contributed by atoms with van der Waals surface area (Å²) in [6.07, 6.45) is 3.13. The van der Waals surface area contributed by atoms with E-state index in [4.69, 9.17) is 4.52 Å². The highest BCUT2D eigenvalue weighted by atomic mass is 16.5. The zero-order valence-electron chi connectivity index (χ0n) is 9.30. The molecule has 1 amide bonds. The Morgan fingerprint density at radius 2 is 2.29 bits per heavy atom. The molecule has 6 heteroatoms. The predicted molar refractivity (Wildman–Crippen MR) is 61.5 cm³/mol. The van der Waals surface area contributed by atoms with Crippen molar-refractivity contribution in [1.82, 2.24) is 15.5 Å². The molecule has 2 aromatic heterocycles. The fourth-order valence-corrected chi connectivity index (χ4v) is 1.27. The van der Waals surface area contributed by atoms with E-state index in [1.165, 1.54) is 6.20 Å². The minimum Gasteiger partial charge on any atom is -0.387 e. The average molecular weight is 232 g/mol. The Labute approximate surface area is 98.0 Å². The van der Waals surface area contributed by atoms with Gasteiger partial charge >= 0.3 is 0 Å². The number of rotatable bonds is 4. The lowest BCUT2D eigenvalue weighted by atomic mass is 10.3. The van der Waals surface area contributed by atoms with Crippen LogP contribution in [-0.2, 0) is 6.54 Å². The minimum absolute atomic E-state index is 0.246. The second-order valence-electron chi connectivity index (χ2n) is 3.34. The van der Waals surface area contributed by atoms with Crippen molar-refractivity contribution in [3.8, 4) is 0 Å². The third-order valence-electron chi connectivity index (χ3n) is 2.20. The van der Waals surface area contributed by atoms with Gasteiger partial charge in [-0.05, 0) is 12.1 Å². The summed E-state index contributed by atoms with van der Waals surface area (Å²) in [7, 11) is 1.79. The van der Waals surface area contributed by atoms with E-state index in [0.717, 1.165) is 5.69 Å². The van der Waals surface area contributed by atoms with Crippen LogP contribution < -0.4 is 10.6 Å². The van der Waals surface area contributed by atoms with Crippen molar-refractivity contribution in [2.45, 2.75) is 6.54 Å². The number of nitrogens with one attached hydrogen (secondary N) is 2. The first kappa shape index (κ1) is 11.1. The number of carbonyl (C=O) groups excluding carboxylic acids is 1. The van der Waals surface area contributed by atoms with E-state index in [1.54, 1.807) is 31.4 Å². The smallest absolute Gasteiger partial charge is 0.270 e. The second-order valence-corrected chi connectivity index (χ2v) is 3.34. The van der Waals surface area contributed by atoms with Crippen molar-refractivity contribution in [1.29, 1.82) is 0 Å². The van der Waals surface area contributed by atoms with Gasteiger partial charge in [-0.1, -0.05) is 5.16 Å². The average Bonchev–Trinajstić information content (AvgIpc) is 2.89. The van der Waals surface area contributed by atoms with Gasteiger partial charge < -0.3 is 15.2 Å². The molecule has 0 aliphatic heterocycles. The third kappa shape index (κ3) is 2.81. The quantitative estimate of drug-likeness (QED) is 0.823. The normalized spacial score (nSPS) is 9.94. The van der Waals surface area contributed by atoms with Crippen LogP contribution in [0.15, 0.2) is 35.1 Å². The summed E-state index contributed by atoms with van der Waals surface area (Å²) in [5, 5.41) is 9.16. The summed E-state index contributed by atoms with van der Waals surface area (Å²) in [5.74, 6) is 0.356. The molecule has 2 N–H and O–H groups in total. The first-order valence-corrected chi connectivity index (χ1v) is 5.11. The van der Waals surface area contributed by atoms with Gasteiger partial charge in [0.25, 0.3) is 5.91 Å². The fraction of sp³-hybridized carbons (Fsp3) is 0.182. The van der Waals surface area contributed by atoms with Gasteiger partial charge in [0.1, 0.15) is 5.69 Å². The van der Waals surface area contributed by atoms with Crippen LogP contribution in [0, 0.1) is 0 Å². The van der Waals surface area contributed by atoms with E-state index < -0.39 is 0 Å². The zero-order chi connectivity index (χ0) is 12.1. The lowest BCUT2D eigenvalue weighted by Gasteiger charge is -2.03. The maximum atomic E-state index is 11.7. The number of carbonyl (C=O) groups is 1. The lowest BCUT2D eigenvalue weighted by molar-refractivity contribution is 0.0942. The van der Waals surface area contributed by atoms with Crippen LogP contribution >= 0.6 is 0 Å². The van der Waals surface area contributed by atoms with Gasteiger partial charge in [0.05, 0.1) is 24.6 Å². The number of hydrogen-bond acceptors (Lipinski definition) is 5. The summed E-state index contributed by atoms with van der Waals surface area (Å²) in [6.45, 7) is 0.300. The Kier molecular flexibility index (Phi) is 3.34. The van der Waals surface area contributed by atoms with Gasteiger partial charge in [0.2, 0.25) is 0 Å². The fourth-order valence-electron chi connectivity index (χ4n) is 1.27. The van der Waals surface area contributed by atoms with E-state index in [2.05, 4.69) is 20.8 Å². The molecule has 0 saturated heterocycles. The Hall–Kier alpha value is -2.37. The molecular formula is C11H12N4O2. The van der Waals surface area contributed by atoms with Crippen molar-refractivity contribution in [2.75, 3.05) is 12.4 Å². The molecule has 0 fully saturated rings. The summed E-state index contributed by atoms with van der Waals surface area (Å²) in [5.41, 5.74) is 1.22. The summed E-state index contributed by atoms with van der Waals surface area (Å²) >= 11 is 0. The molecule has 2 heterocycles. The molecule has 0 aliphatic rings. The van der Waals surface area contributed by atoms with Gasteiger partial charge in [-0.3, -0.25) is 4.79 Å². The van der Waals surface area contributed by atoms with E-state index in [-0.39, 0.29) is 5.91 Å². The number of nitrogens with zero attached hydrogens (tertiary/aromatic N) is 2. The number of anilines is 1. The number of pyridine rings is 1. The molecule has 0 unspecified atom stereocenters. The molecular weight excluding hydrogens is 220 g/mol. The van der Waals surface area contributed by atoms with Crippen molar-refractivity contribution in [2.24, 2.45) is 0 Å². The lowest BCUT2D eigenvalue weighted by Crippen LogP contribution is -2.23. The van der Waals surface area contributed by atoms with Crippen LogP contribution in [-0.4, -0.2) is 23.1 Å². The topological polar surface area (TPSA) is 80.0 Å². The number of aromatic nitrogens is 2. The van der Waals surface area contributed by atoms with Gasteiger partial charge in [-0.15, -0.1) is 0 Å². The Morgan fingerprint density at radius 3 is 2.88 bits per heavy atom. The standard InChI is InChI=1S/C11H12N4O2/c1-12-8-2-3-10(13-6-8)11(16)14-7-9-4-5-15-17-9/h2-6,12H,7H2,1H3,(H,14,16). The molecule has 0 atom stereocenters. The van der Waals surface area contributed by atoms with E-state index in [9.17, 15) is 4.79 Å². The molecule has 0 aliphatic carbocycles. The summed E-state index contributed by atoms with van der Waals surface area (Å²) in [6, 6.07) is 5.13. The first-order chi connectivity index (χ1) is 8.29. The highest BCUT2D eigenvalue weighted by Gasteiger charge is 2.07. The number of hydrogen-bond donors (Lipinski definition) is 2. The van der Waals surface area contributed by atoms with Crippen LogP contribution in [0.25, 0.3) is 0 Å². The maximum Gasteiger partial charge on any atom is 0.270 e. The molecule has 0 radical (unpaired) electrons. The molecule has 6 nitrogen and oxygen atoms in total. The molecule has 17 heavy (non-hydrogen) atoms. The van der Waals surface area contributed by atoms with E-state index in [1.807, 2.05) is 0 Å². The maximum absolute atomic E-state index is 11.7. The second kappa shape index (κ2) is 5.11. The largest absolute Gasteiger partial charge is 0.387 e. The van der Waals surface area contributed by atoms with Crippen molar-refractivity contribution in [3.63, 3.8) is 0 Å². The number of amides is 1. The van der Waals surface area contributed by atoms with Crippen LogP contribution in [0.1, 0.15) is 16.2 Å². The van der Waals surface area contributed by atoms with Gasteiger partial charge in [0, 0.05) is 13.1 Å². The van der Waals surface area contributed by atoms with Crippen LogP contribution in [0.5, 0.6) is 0 Å². The third-order valence-corrected chi connectivity index (χ3v) is 2.20. The summed E-state index contributed by atoms with van der Waals surface area (Å²) in [4.78, 5) is 15.7. The summed E-state index contributed by atoms with van der Waals surface area (Å²) < 4.78 is 4.86. The van der Waals surface area contributed by atoms with Gasteiger partial charge in [0.15, 0.2) is 5.76 Å². The highest BCUT2D eigenvalue weighted by molar-refractivity contribution is 5.92. The van der Waals surface area contributed by atoms with Crippen molar-refractivity contribution in [3.05, 3.63) is 42.0 Å². The Morgan fingerprint density at radius 1 is 1.41 bits per heavy atom. The van der Waals surface area contributed by atoms with Crippen molar-refractivity contribution < 1.29 is 9.32 Å². The van der Waals surface area contributed by atoms with E-state index in [0.29, 0.717) is 18.0 Å². The predicted octanol–water partition coefficient (Wildman–Crippen LogP) is 1.04. The molecule has 0 bridgehead atoms. The van der Waals surface area contributed by atoms with Gasteiger partial charge in [-0.2, -0.15) is 0 Å². The van der Waals surface area contributed by atoms with E-state index >= 15 is 0 Å². The van der Waals surface area contributed by atoms with Gasteiger partial charge in [-0.25, -0.2) is 4.98 Å². The molecule has 0 saturated carbocycles. The van der Waals surface area contributed by atoms with Crippen molar-refractivity contribution >= 4 is 11.6 Å². The monoisotopic (exact) mass is 232 g/mol. The Bertz CT molecular complexity index is 479.